The predicted molar refractivity (Wildman–Crippen MR) is 112 cm³/mol. The summed E-state index contributed by atoms with van der Waals surface area (Å²) in [6.07, 6.45) is 4.64. The van der Waals surface area contributed by atoms with Gasteiger partial charge in [-0.05, 0) is 48.7 Å². The lowest BCUT2D eigenvalue weighted by Gasteiger charge is -2.35. The molecule has 0 spiro atoms. The Hall–Kier alpha value is -3.32. The number of hydrogen-bond acceptors (Lipinski definition) is 5. The van der Waals surface area contributed by atoms with E-state index in [1.807, 2.05) is 48.7 Å². The van der Waals surface area contributed by atoms with Gasteiger partial charge >= 0.3 is 0 Å². The molecule has 1 N–H and O–H groups in total. The van der Waals surface area contributed by atoms with Gasteiger partial charge in [0.2, 0.25) is 0 Å². The smallest absolute Gasteiger partial charge is 0.254 e. The van der Waals surface area contributed by atoms with E-state index < -0.39 is 5.60 Å². The third-order valence-electron chi connectivity index (χ3n) is 5.89. The summed E-state index contributed by atoms with van der Waals surface area (Å²) in [6, 6.07) is 13.3. The fourth-order valence-electron chi connectivity index (χ4n) is 3.84. The van der Waals surface area contributed by atoms with Crippen molar-refractivity contribution >= 4 is 22.8 Å². The zero-order chi connectivity index (χ0) is 20.7. The molecule has 1 aliphatic heterocycles. The van der Waals surface area contributed by atoms with Crippen molar-refractivity contribution in [2.75, 3.05) is 26.2 Å². The minimum absolute atomic E-state index is 0.0444. The highest BCUT2D eigenvalue weighted by atomic mass is 16.3. The second-order valence-corrected chi connectivity index (χ2v) is 7.96. The molecular weight excluding hydrogens is 380 g/mol. The molecule has 0 bridgehead atoms. The molecule has 152 valence electrons. The number of amides is 2. The monoisotopic (exact) mass is 402 g/mol. The van der Waals surface area contributed by atoms with E-state index in [0.717, 1.165) is 22.2 Å². The highest BCUT2D eigenvalue weighted by Gasteiger charge is 2.50. The van der Waals surface area contributed by atoms with Gasteiger partial charge in [-0.3, -0.25) is 19.6 Å². The van der Waals surface area contributed by atoms with Crippen LogP contribution in [0.1, 0.15) is 23.2 Å². The van der Waals surface area contributed by atoms with E-state index in [-0.39, 0.29) is 11.8 Å². The number of piperazine rings is 1. The SMILES string of the molecule is O=C(c1ccc(-c2cnc3cccnc3c2)cc1)N1CCN(C(=O)C2(O)CC2)CC1. The van der Waals surface area contributed by atoms with Crippen LogP contribution in [0.4, 0.5) is 0 Å². The molecule has 1 aliphatic carbocycles. The lowest BCUT2D eigenvalue weighted by Crippen LogP contribution is -2.53. The highest BCUT2D eigenvalue weighted by molar-refractivity contribution is 5.95. The Kier molecular flexibility index (Phi) is 4.47. The molecule has 3 aromatic rings. The van der Waals surface area contributed by atoms with Gasteiger partial charge < -0.3 is 14.9 Å². The van der Waals surface area contributed by atoms with Crippen molar-refractivity contribution in [1.29, 1.82) is 0 Å². The largest absolute Gasteiger partial charge is 0.380 e. The molecule has 0 radical (unpaired) electrons. The summed E-state index contributed by atoms with van der Waals surface area (Å²) in [6.45, 7) is 1.87. The van der Waals surface area contributed by atoms with Gasteiger partial charge in [0.25, 0.3) is 11.8 Å². The molecule has 0 unspecified atom stereocenters. The molecule has 1 saturated carbocycles. The van der Waals surface area contributed by atoms with Crippen LogP contribution in [0.2, 0.25) is 0 Å². The maximum absolute atomic E-state index is 12.9. The average molecular weight is 402 g/mol. The van der Waals surface area contributed by atoms with Gasteiger partial charge in [-0.25, -0.2) is 0 Å². The number of benzene rings is 1. The minimum atomic E-state index is -1.14. The Morgan fingerprint density at radius 1 is 0.867 bits per heavy atom. The van der Waals surface area contributed by atoms with Crippen LogP contribution in [-0.2, 0) is 4.79 Å². The molecule has 2 aliphatic rings. The number of nitrogens with zero attached hydrogens (tertiary/aromatic N) is 4. The van der Waals surface area contributed by atoms with Gasteiger partial charge in [0.1, 0.15) is 5.60 Å². The number of aliphatic hydroxyl groups is 1. The van der Waals surface area contributed by atoms with Crippen molar-refractivity contribution in [2.45, 2.75) is 18.4 Å². The fourth-order valence-corrected chi connectivity index (χ4v) is 3.84. The first-order chi connectivity index (χ1) is 14.5. The number of carbonyl (C=O) groups excluding carboxylic acids is 2. The van der Waals surface area contributed by atoms with Crippen LogP contribution < -0.4 is 0 Å². The van der Waals surface area contributed by atoms with E-state index in [1.54, 1.807) is 16.0 Å². The summed E-state index contributed by atoms with van der Waals surface area (Å²) in [7, 11) is 0. The summed E-state index contributed by atoms with van der Waals surface area (Å²) in [5, 5.41) is 10.0. The lowest BCUT2D eigenvalue weighted by molar-refractivity contribution is -0.143. The topological polar surface area (TPSA) is 86.6 Å². The average Bonchev–Trinajstić information content (AvgIpc) is 3.56. The second-order valence-electron chi connectivity index (χ2n) is 7.96. The first kappa shape index (κ1) is 18.7. The summed E-state index contributed by atoms with van der Waals surface area (Å²) in [4.78, 5) is 37.3. The van der Waals surface area contributed by atoms with Crippen LogP contribution in [-0.4, -0.2) is 68.5 Å². The van der Waals surface area contributed by atoms with Gasteiger partial charge in [-0.1, -0.05) is 12.1 Å². The number of hydrogen-bond donors (Lipinski definition) is 1. The molecule has 5 rings (SSSR count). The Balaban J connectivity index is 1.26. The normalized spacial score (nSPS) is 17.8. The van der Waals surface area contributed by atoms with E-state index in [9.17, 15) is 14.7 Å². The summed E-state index contributed by atoms with van der Waals surface area (Å²) >= 11 is 0. The molecule has 7 nitrogen and oxygen atoms in total. The molecule has 3 heterocycles. The van der Waals surface area contributed by atoms with Crippen LogP contribution in [0.15, 0.2) is 54.9 Å². The van der Waals surface area contributed by atoms with Gasteiger partial charge in [-0.2, -0.15) is 0 Å². The van der Waals surface area contributed by atoms with Gasteiger partial charge in [-0.15, -0.1) is 0 Å². The van der Waals surface area contributed by atoms with Crippen LogP contribution >= 0.6 is 0 Å². The fraction of sp³-hybridized carbons (Fsp3) is 0.304. The second kappa shape index (κ2) is 7.18. The third kappa shape index (κ3) is 3.41. The van der Waals surface area contributed by atoms with Crippen LogP contribution in [0, 0.1) is 0 Å². The number of rotatable bonds is 3. The maximum atomic E-state index is 12.9. The number of carbonyl (C=O) groups is 2. The van der Waals surface area contributed by atoms with E-state index >= 15 is 0 Å². The van der Waals surface area contributed by atoms with Crippen molar-refractivity contribution in [2.24, 2.45) is 0 Å². The maximum Gasteiger partial charge on any atom is 0.254 e. The Labute approximate surface area is 174 Å². The van der Waals surface area contributed by atoms with E-state index in [0.29, 0.717) is 44.6 Å². The first-order valence-corrected chi connectivity index (χ1v) is 10.2. The summed E-state index contributed by atoms with van der Waals surface area (Å²) in [5.41, 5.74) is 3.07. The lowest BCUT2D eigenvalue weighted by atomic mass is 10.0. The molecular formula is C23H22N4O3. The summed E-state index contributed by atoms with van der Waals surface area (Å²) < 4.78 is 0. The Morgan fingerprint density at radius 3 is 2.27 bits per heavy atom. The zero-order valence-corrected chi connectivity index (χ0v) is 16.5. The molecule has 1 aromatic carbocycles. The zero-order valence-electron chi connectivity index (χ0n) is 16.5. The Bertz CT molecular complexity index is 1120. The van der Waals surface area contributed by atoms with Crippen LogP contribution in [0.25, 0.3) is 22.2 Å². The van der Waals surface area contributed by atoms with Crippen molar-refractivity contribution in [3.8, 4) is 11.1 Å². The van der Waals surface area contributed by atoms with Crippen molar-refractivity contribution in [1.82, 2.24) is 19.8 Å². The standard InChI is InChI=1S/C23H22N4O3/c28-21(26-10-12-27(13-11-26)22(29)23(30)7-8-23)17-5-3-16(4-6-17)18-14-20-19(25-15-18)2-1-9-24-20/h1-6,9,14-15,30H,7-8,10-13H2. The molecule has 2 fully saturated rings. The third-order valence-corrected chi connectivity index (χ3v) is 5.89. The summed E-state index contributed by atoms with van der Waals surface area (Å²) in [5.74, 6) is -0.241. The molecule has 2 aromatic heterocycles. The van der Waals surface area contributed by atoms with Crippen molar-refractivity contribution < 1.29 is 14.7 Å². The number of fused-ring (bicyclic) bond motifs is 1. The molecule has 0 atom stereocenters. The first-order valence-electron chi connectivity index (χ1n) is 10.2. The number of pyridine rings is 2. The minimum Gasteiger partial charge on any atom is -0.380 e. The van der Waals surface area contributed by atoms with E-state index in [2.05, 4.69) is 9.97 Å². The van der Waals surface area contributed by atoms with E-state index in [1.165, 1.54) is 0 Å². The highest BCUT2D eigenvalue weighted by Crippen LogP contribution is 2.37. The molecule has 2 amide bonds. The Morgan fingerprint density at radius 2 is 1.57 bits per heavy atom. The van der Waals surface area contributed by atoms with Gasteiger partial charge in [0.05, 0.1) is 11.0 Å². The molecule has 7 heteroatoms. The molecule has 30 heavy (non-hydrogen) atoms. The quantitative estimate of drug-likeness (QED) is 0.725. The van der Waals surface area contributed by atoms with Crippen LogP contribution in [0.5, 0.6) is 0 Å². The predicted octanol–water partition coefficient (Wildman–Crippen LogP) is 2.11. The molecule has 1 saturated heterocycles. The van der Waals surface area contributed by atoms with Crippen molar-refractivity contribution in [3.05, 3.63) is 60.4 Å². The number of aromatic nitrogens is 2. The van der Waals surface area contributed by atoms with Crippen molar-refractivity contribution in [3.63, 3.8) is 0 Å². The van der Waals surface area contributed by atoms with E-state index in [4.69, 9.17) is 0 Å². The van der Waals surface area contributed by atoms with Gasteiger partial charge in [0, 0.05) is 49.7 Å². The van der Waals surface area contributed by atoms with Gasteiger partial charge in [0.15, 0.2) is 0 Å². The van der Waals surface area contributed by atoms with Crippen LogP contribution in [0.3, 0.4) is 0 Å².